The van der Waals surface area contributed by atoms with Crippen LogP contribution in [0.25, 0.3) is 0 Å². The van der Waals surface area contributed by atoms with E-state index in [0.717, 1.165) is 32.5 Å². The van der Waals surface area contributed by atoms with Crippen molar-refractivity contribution in [2.45, 2.75) is 70.7 Å². The SMILES string of the molecule is CC1CN(Cc2ccc(C(=O)NCCC(=O)NC3CCCC3)cc2)CC(C)O1. The van der Waals surface area contributed by atoms with Gasteiger partial charge >= 0.3 is 0 Å². The summed E-state index contributed by atoms with van der Waals surface area (Å²) in [6.07, 6.45) is 5.37. The van der Waals surface area contributed by atoms with Gasteiger partial charge in [0, 0.05) is 44.2 Å². The quantitative estimate of drug-likeness (QED) is 0.754. The molecule has 2 fully saturated rings. The summed E-state index contributed by atoms with van der Waals surface area (Å²) in [6.45, 7) is 7.28. The molecule has 6 nitrogen and oxygen atoms in total. The molecule has 1 aromatic rings. The Bertz CT molecular complexity index is 645. The van der Waals surface area contributed by atoms with Gasteiger partial charge < -0.3 is 15.4 Å². The zero-order valence-corrected chi connectivity index (χ0v) is 17.1. The lowest BCUT2D eigenvalue weighted by Crippen LogP contribution is -2.44. The number of ether oxygens (including phenoxy) is 1. The van der Waals surface area contributed by atoms with E-state index in [1.807, 2.05) is 24.3 Å². The van der Waals surface area contributed by atoms with Crippen LogP contribution in [0.2, 0.25) is 0 Å². The molecule has 1 aromatic carbocycles. The first kappa shape index (κ1) is 20.8. The largest absolute Gasteiger partial charge is 0.373 e. The van der Waals surface area contributed by atoms with Crippen molar-refractivity contribution in [1.29, 1.82) is 0 Å². The van der Waals surface area contributed by atoms with E-state index in [9.17, 15) is 9.59 Å². The van der Waals surface area contributed by atoms with Crippen LogP contribution in [-0.4, -0.2) is 54.6 Å². The van der Waals surface area contributed by atoms with E-state index in [4.69, 9.17) is 4.74 Å². The molecule has 1 aliphatic heterocycles. The molecule has 1 aliphatic carbocycles. The van der Waals surface area contributed by atoms with Crippen LogP contribution < -0.4 is 10.6 Å². The van der Waals surface area contributed by atoms with Crippen molar-refractivity contribution in [3.63, 3.8) is 0 Å². The molecule has 0 spiro atoms. The van der Waals surface area contributed by atoms with Crippen molar-refractivity contribution < 1.29 is 14.3 Å². The van der Waals surface area contributed by atoms with Crippen LogP contribution >= 0.6 is 0 Å². The van der Waals surface area contributed by atoms with Crippen LogP contribution in [0, 0.1) is 0 Å². The van der Waals surface area contributed by atoms with Crippen LogP contribution in [0.3, 0.4) is 0 Å². The predicted molar refractivity (Wildman–Crippen MR) is 109 cm³/mol. The molecule has 28 heavy (non-hydrogen) atoms. The lowest BCUT2D eigenvalue weighted by molar-refractivity contribution is -0.121. The molecular weight excluding hydrogens is 354 g/mol. The Labute approximate surface area is 168 Å². The van der Waals surface area contributed by atoms with Gasteiger partial charge in [-0.25, -0.2) is 0 Å². The van der Waals surface area contributed by atoms with Crippen molar-refractivity contribution in [3.8, 4) is 0 Å². The van der Waals surface area contributed by atoms with Gasteiger partial charge in [-0.15, -0.1) is 0 Å². The Morgan fingerprint density at radius 3 is 2.36 bits per heavy atom. The Hall–Kier alpha value is -1.92. The van der Waals surface area contributed by atoms with Crippen molar-refractivity contribution in [2.75, 3.05) is 19.6 Å². The number of nitrogens with zero attached hydrogens (tertiary/aromatic N) is 1. The lowest BCUT2D eigenvalue weighted by Gasteiger charge is -2.35. The maximum Gasteiger partial charge on any atom is 0.251 e. The van der Waals surface area contributed by atoms with Gasteiger partial charge in [0.05, 0.1) is 12.2 Å². The summed E-state index contributed by atoms with van der Waals surface area (Å²) in [7, 11) is 0. The van der Waals surface area contributed by atoms with E-state index in [1.165, 1.54) is 18.4 Å². The lowest BCUT2D eigenvalue weighted by atomic mass is 10.1. The number of morpholine rings is 1. The van der Waals surface area contributed by atoms with E-state index in [1.54, 1.807) is 0 Å². The highest BCUT2D eigenvalue weighted by atomic mass is 16.5. The number of hydrogen-bond acceptors (Lipinski definition) is 4. The van der Waals surface area contributed by atoms with Crippen LogP contribution in [0.5, 0.6) is 0 Å². The van der Waals surface area contributed by atoms with Gasteiger partial charge in [0.2, 0.25) is 5.91 Å². The molecule has 3 rings (SSSR count). The molecule has 2 amide bonds. The molecule has 2 aliphatic rings. The fourth-order valence-electron chi connectivity index (χ4n) is 4.19. The van der Waals surface area contributed by atoms with Crippen LogP contribution in [-0.2, 0) is 16.1 Å². The van der Waals surface area contributed by atoms with Gasteiger partial charge in [-0.2, -0.15) is 0 Å². The Morgan fingerprint density at radius 2 is 1.71 bits per heavy atom. The molecular formula is C22H33N3O3. The summed E-state index contributed by atoms with van der Waals surface area (Å²) in [5, 5.41) is 5.88. The van der Waals surface area contributed by atoms with Crippen LogP contribution in [0.4, 0.5) is 0 Å². The molecule has 1 saturated heterocycles. The van der Waals surface area contributed by atoms with Crippen molar-refractivity contribution >= 4 is 11.8 Å². The third-order valence-electron chi connectivity index (χ3n) is 5.48. The molecule has 1 saturated carbocycles. The molecule has 0 bridgehead atoms. The number of carbonyl (C=O) groups excluding carboxylic acids is 2. The van der Waals surface area contributed by atoms with Gasteiger partial charge in [0.15, 0.2) is 0 Å². The highest BCUT2D eigenvalue weighted by Gasteiger charge is 2.22. The van der Waals surface area contributed by atoms with Gasteiger partial charge in [-0.1, -0.05) is 25.0 Å². The highest BCUT2D eigenvalue weighted by molar-refractivity contribution is 5.94. The molecule has 154 valence electrons. The first-order valence-electron chi connectivity index (χ1n) is 10.5. The number of rotatable bonds is 7. The fraction of sp³-hybridized carbons (Fsp3) is 0.636. The molecule has 6 heteroatoms. The topological polar surface area (TPSA) is 70.7 Å². The van der Waals surface area contributed by atoms with Gasteiger partial charge in [-0.3, -0.25) is 14.5 Å². The Kier molecular flexibility index (Phi) is 7.45. The molecule has 2 unspecified atom stereocenters. The average molecular weight is 388 g/mol. The van der Waals surface area contributed by atoms with Crippen molar-refractivity contribution in [3.05, 3.63) is 35.4 Å². The van der Waals surface area contributed by atoms with Gasteiger partial charge in [0.25, 0.3) is 5.91 Å². The summed E-state index contributed by atoms with van der Waals surface area (Å²) in [6, 6.07) is 8.06. The second-order valence-electron chi connectivity index (χ2n) is 8.20. The average Bonchev–Trinajstić information content (AvgIpc) is 3.14. The molecule has 1 heterocycles. The summed E-state index contributed by atoms with van der Waals surface area (Å²) in [4.78, 5) is 26.6. The number of carbonyl (C=O) groups is 2. The maximum absolute atomic E-state index is 12.3. The van der Waals surface area contributed by atoms with E-state index < -0.39 is 0 Å². The zero-order chi connectivity index (χ0) is 19.9. The zero-order valence-electron chi connectivity index (χ0n) is 17.1. The normalized spacial score (nSPS) is 23.5. The third kappa shape index (κ3) is 6.31. The van der Waals surface area contributed by atoms with E-state index in [-0.39, 0.29) is 24.0 Å². The smallest absolute Gasteiger partial charge is 0.251 e. The van der Waals surface area contributed by atoms with E-state index >= 15 is 0 Å². The van der Waals surface area contributed by atoms with Crippen LogP contribution in [0.15, 0.2) is 24.3 Å². The van der Waals surface area contributed by atoms with Crippen molar-refractivity contribution in [2.24, 2.45) is 0 Å². The number of hydrogen-bond donors (Lipinski definition) is 2. The minimum atomic E-state index is -0.131. The Balaban J connectivity index is 1.40. The monoisotopic (exact) mass is 387 g/mol. The third-order valence-corrected chi connectivity index (χ3v) is 5.48. The van der Waals surface area contributed by atoms with Crippen molar-refractivity contribution in [1.82, 2.24) is 15.5 Å². The maximum atomic E-state index is 12.3. The molecule has 0 aromatic heterocycles. The second-order valence-corrected chi connectivity index (χ2v) is 8.20. The first-order chi connectivity index (χ1) is 13.5. The summed E-state index contributed by atoms with van der Waals surface area (Å²) in [5.74, 6) is -0.106. The Morgan fingerprint density at radius 1 is 1.07 bits per heavy atom. The number of benzene rings is 1. The first-order valence-corrected chi connectivity index (χ1v) is 10.5. The molecule has 2 N–H and O–H groups in total. The van der Waals surface area contributed by atoms with E-state index in [0.29, 0.717) is 24.6 Å². The van der Waals surface area contributed by atoms with E-state index in [2.05, 4.69) is 29.4 Å². The number of amides is 2. The van der Waals surface area contributed by atoms with Gasteiger partial charge in [-0.05, 0) is 44.4 Å². The standard InChI is InChI=1S/C22H33N3O3/c1-16-13-25(14-17(2)28-16)15-18-7-9-19(10-8-18)22(27)23-12-11-21(26)24-20-5-3-4-6-20/h7-10,16-17,20H,3-6,11-15H2,1-2H3,(H,23,27)(H,24,26). The van der Waals surface area contributed by atoms with Crippen LogP contribution in [0.1, 0.15) is 61.9 Å². The molecule has 2 atom stereocenters. The van der Waals surface area contributed by atoms with Gasteiger partial charge in [0.1, 0.15) is 0 Å². The number of nitrogens with one attached hydrogen (secondary N) is 2. The minimum absolute atomic E-state index is 0.0246. The summed E-state index contributed by atoms with van der Waals surface area (Å²) in [5.41, 5.74) is 1.82. The predicted octanol–water partition coefficient (Wildman–Crippen LogP) is 2.47. The minimum Gasteiger partial charge on any atom is -0.373 e. The molecule has 0 radical (unpaired) electrons. The highest BCUT2D eigenvalue weighted by Crippen LogP contribution is 2.17. The fourth-order valence-corrected chi connectivity index (χ4v) is 4.19. The summed E-state index contributed by atoms with van der Waals surface area (Å²) >= 11 is 0. The second kappa shape index (κ2) is 10.0. The summed E-state index contributed by atoms with van der Waals surface area (Å²) < 4.78 is 5.77.